The Balaban J connectivity index is 2.21. The van der Waals surface area contributed by atoms with Crippen LogP contribution in [0.25, 0.3) is 0 Å². The van der Waals surface area contributed by atoms with E-state index >= 15 is 0 Å². The predicted molar refractivity (Wildman–Crippen MR) is 88.0 cm³/mol. The van der Waals surface area contributed by atoms with E-state index in [1.165, 1.54) is 10.4 Å². The highest BCUT2D eigenvalue weighted by atomic mass is 79.9. The van der Waals surface area contributed by atoms with Gasteiger partial charge in [0, 0.05) is 21.1 Å². The summed E-state index contributed by atoms with van der Waals surface area (Å²) in [7, 11) is 1.94. The van der Waals surface area contributed by atoms with Crippen LogP contribution in [0.5, 0.6) is 5.75 Å². The fourth-order valence-electron chi connectivity index (χ4n) is 1.89. The average Bonchev–Trinajstić information content (AvgIpc) is 2.74. The molecule has 2 nitrogen and oxygen atoms in total. The number of thiophene rings is 1. The number of aryl methyl sites for hydroxylation is 1. The summed E-state index contributed by atoms with van der Waals surface area (Å²) in [6, 6.07) is 6.23. The number of nitrogens with one attached hydrogen (secondary N) is 1. The predicted octanol–water partition coefficient (Wildman–Crippen LogP) is 4.88. The van der Waals surface area contributed by atoms with E-state index in [4.69, 9.17) is 4.74 Å². The summed E-state index contributed by atoms with van der Waals surface area (Å²) in [6.07, 6.45) is 0. The normalized spacial score (nSPS) is 10.7. The van der Waals surface area contributed by atoms with Crippen molar-refractivity contribution in [1.82, 2.24) is 5.32 Å². The smallest absolute Gasteiger partial charge is 0.127 e. The van der Waals surface area contributed by atoms with Crippen molar-refractivity contribution in [3.05, 3.63) is 48.5 Å². The maximum atomic E-state index is 6.02. The topological polar surface area (TPSA) is 21.3 Å². The van der Waals surface area contributed by atoms with Crippen molar-refractivity contribution >= 4 is 43.2 Å². The number of hydrogen-bond acceptors (Lipinski definition) is 3. The Hall–Kier alpha value is -0.360. The molecule has 0 radical (unpaired) electrons. The number of ether oxygens (including phenoxy) is 1. The molecule has 2 rings (SSSR count). The maximum Gasteiger partial charge on any atom is 0.127 e. The van der Waals surface area contributed by atoms with Crippen LogP contribution >= 0.6 is 43.2 Å². The second-order valence-corrected chi connectivity index (χ2v) is 6.99. The lowest BCUT2D eigenvalue weighted by molar-refractivity contribution is 0.303. The van der Waals surface area contributed by atoms with Gasteiger partial charge >= 0.3 is 0 Å². The molecule has 0 amide bonds. The largest absolute Gasteiger partial charge is 0.487 e. The van der Waals surface area contributed by atoms with Crippen molar-refractivity contribution in [3.63, 3.8) is 0 Å². The molecular weight excluding hydrogens is 390 g/mol. The lowest BCUT2D eigenvalue weighted by atomic mass is 10.1. The van der Waals surface area contributed by atoms with Crippen LogP contribution in [-0.4, -0.2) is 7.05 Å². The van der Waals surface area contributed by atoms with Crippen LogP contribution in [0.3, 0.4) is 0 Å². The monoisotopic (exact) mass is 403 g/mol. The van der Waals surface area contributed by atoms with Crippen molar-refractivity contribution in [2.45, 2.75) is 20.1 Å². The van der Waals surface area contributed by atoms with Crippen LogP contribution in [0.1, 0.15) is 16.0 Å². The van der Waals surface area contributed by atoms with Crippen LogP contribution in [0.4, 0.5) is 0 Å². The minimum absolute atomic E-state index is 0.595. The van der Waals surface area contributed by atoms with E-state index in [1.54, 1.807) is 11.3 Å². The summed E-state index contributed by atoms with van der Waals surface area (Å²) in [6.45, 7) is 3.46. The SMILES string of the molecule is CNCc1cc(Br)cc(C)c1OCc1sccc1Br. The molecule has 0 bridgehead atoms. The highest BCUT2D eigenvalue weighted by Crippen LogP contribution is 2.30. The number of hydrogen-bond donors (Lipinski definition) is 1. The van der Waals surface area contributed by atoms with Crippen LogP contribution in [0, 0.1) is 6.92 Å². The van der Waals surface area contributed by atoms with E-state index in [0.29, 0.717) is 6.61 Å². The summed E-state index contributed by atoms with van der Waals surface area (Å²) in [5, 5.41) is 5.24. The molecule has 0 aliphatic carbocycles. The highest BCUT2D eigenvalue weighted by Gasteiger charge is 2.10. The Morgan fingerprint density at radius 2 is 2.11 bits per heavy atom. The molecule has 0 saturated carbocycles. The van der Waals surface area contributed by atoms with Crippen molar-refractivity contribution in [2.24, 2.45) is 0 Å². The third kappa shape index (κ3) is 3.81. The molecule has 102 valence electrons. The number of benzene rings is 1. The average molecular weight is 405 g/mol. The first-order valence-corrected chi connectivity index (χ1v) is 8.36. The summed E-state index contributed by atoms with van der Waals surface area (Å²) in [4.78, 5) is 1.21. The van der Waals surface area contributed by atoms with Gasteiger partial charge in [-0.2, -0.15) is 0 Å². The maximum absolute atomic E-state index is 6.02. The third-order valence-corrected chi connectivity index (χ3v) is 5.08. The standard InChI is InChI=1S/C14H15Br2NOS/c1-9-5-11(15)6-10(7-17-2)14(9)18-8-13-12(16)3-4-19-13/h3-6,17H,7-8H2,1-2H3. The summed E-state index contributed by atoms with van der Waals surface area (Å²) in [5.41, 5.74) is 2.31. The molecule has 0 fully saturated rings. The van der Waals surface area contributed by atoms with Gasteiger partial charge in [0.2, 0.25) is 0 Å². The summed E-state index contributed by atoms with van der Waals surface area (Å²) < 4.78 is 8.22. The van der Waals surface area contributed by atoms with Gasteiger partial charge in [-0.05, 0) is 59.0 Å². The lowest BCUT2D eigenvalue weighted by Crippen LogP contribution is -2.08. The fraction of sp³-hybridized carbons (Fsp3) is 0.286. The van der Waals surface area contributed by atoms with E-state index in [0.717, 1.165) is 26.8 Å². The third-order valence-electron chi connectivity index (χ3n) is 2.72. The highest BCUT2D eigenvalue weighted by molar-refractivity contribution is 9.10. The minimum atomic E-state index is 0.595. The molecule has 1 aromatic heterocycles. The molecule has 0 aliphatic rings. The zero-order valence-electron chi connectivity index (χ0n) is 10.8. The van der Waals surface area contributed by atoms with Gasteiger partial charge in [-0.15, -0.1) is 11.3 Å². The summed E-state index contributed by atoms with van der Waals surface area (Å²) in [5.74, 6) is 0.970. The molecule has 1 N–H and O–H groups in total. The Kier molecular flexibility index (Phi) is 5.45. The first-order valence-electron chi connectivity index (χ1n) is 5.90. The van der Waals surface area contributed by atoms with Gasteiger partial charge in [-0.25, -0.2) is 0 Å². The molecule has 2 aromatic rings. The van der Waals surface area contributed by atoms with Crippen molar-refractivity contribution in [2.75, 3.05) is 7.05 Å². The van der Waals surface area contributed by atoms with E-state index < -0.39 is 0 Å². The Morgan fingerprint density at radius 3 is 2.74 bits per heavy atom. The Morgan fingerprint density at radius 1 is 1.32 bits per heavy atom. The first kappa shape index (κ1) is 15.0. The molecule has 19 heavy (non-hydrogen) atoms. The molecule has 1 aromatic carbocycles. The second-order valence-electron chi connectivity index (χ2n) is 4.22. The van der Waals surface area contributed by atoms with Crippen molar-refractivity contribution in [3.8, 4) is 5.75 Å². The van der Waals surface area contributed by atoms with Crippen LogP contribution in [-0.2, 0) is 13.2 Å². The van der Waals surface area contributed by atoms with Crippen LogP contribution < -0.4 is 10.1 Å². The van der Waals surface area contributed by atoms with Gasteiger partial charge in [0.25, 0.3) is 0 Å². The molecule has 0 aliphatic heterocycles. The molecule has 1 heterocycles. The first-order chi connectivity index (χ1) is 9.11. The Bertz CT molecular complexity index is 569. The van der Waals surface area contributed by atoms with Gasteiger partial charge in [-0.3, -0.25) is 0 Å². The molecule has 0 spiro atoms. The van der Waals surface area contributed by atoms with Crippen molar-refractivity contribution in [1.29, 1.82) is 0 Å². The van der Waals surface area contributed by atoms with E-state index in [-0.39, 0.29) is 0 Å². The number of halogens is 2. The van der Waals surface area contributed by atoms with Gasteiger partial charge in [0.05, 0.1) is 4.88 Å². The van der Waals surface area contributed by atoms with E-state index in [1.807, 2.05) is 13.1 Å². The molecule has 0 saturated heterocycles. The zero-order valence-corrected chi connectivity index (χ0v) is 14.8. The quantitative estimate of drug-likeness (QED) is 0.766. The van der Waals surface area contributed by atoms with Gasteiger partial charge in [-0.1, -0.05) is 15.9 Å². The van der Waals surface area contributed by atoms with Crippen LogP contribution in [0.2, 0.25) is 0 Å². The molecule has 5 heteroatoms. The second kappa shape index (κ2) is 6.88. The van der Waals surface area contributed by atoms with E-state index in [2.05, 4.69) is 61.6 Å². The zero-order chi connectivity index (χ0) is 13.8. The van der Waals surface area contributed by atoms with Crippen molar-refractivity contribution < 1.29 is 4.74 Å². The minimum Gasteiger partial charge on any atom is -0.487 e. The van der Waals surface area contributed by atoms with Gasteiger partial charge < -0.3 is 10.1 Å². The molecule has 0 atom stereocenters. The number of rotatable bonds is 5. The van der Waals surface area contributed by atoms with Crippen LogP contribution in [0.15, 0.2) is 32.5 Å². The van der Waals surface area contributed by atoms with Gasteiger partial charge in [0.15, 0.2) is 0 Å². The van der Waals surface area contributed by atoms with E-state index in [9.17, 15) is 0 Å². The Labute approximate surface area is 134 Å². The molecule has 0 unspecified atom stereocenters. The summed E-state index contributed by atoms with van der Waals surface area (Å²) >= 11 is 8.76. The van der Waals surface area contributed by atoms with Gasteiger partial charge in [0.1, 0.15) is 12.4 Å². The lowest BCUT2D eigenvalue weighted by Gasteiger charge is -2.14. The fourth-order valence-corrected chi connectivity index (χ4v) is 3.89. The molecular formula is C14H15Br2NOS.